The summed E-state index contributed by atoms with van der Waals surface area (Å²) >= 11 is 0. The summed E-state index contributed by atoms with van der Waals surface area (Å²) in [5.74, 6) is 5.26. The molecule has 0 aromatic rings. The minimum atomic E-state index is -2.25. The summed E-state index contributed by atoms with van der Waals surface area (Å²) < 4.78 is 22.0. The smallest absolute Gasteiger partial charge is 0.460 e. The highest BCUT2D eigenvalue weighted by atomic mass is 28.4. The van der Waals surface area contributed by atoms with Gasteiger partial charge in [-0.05, 0) is 108 Å². The van der Waals surface area contributed by atoms with Gasteiger partial charge in [0.2, 0.25) is 0 Å². The summed E-state index contributed by atoms with van der Waals surface area (Å²) in [6, 6.07) is 0. The fourth-order valence-corrected chi connectivity index (χ4v) is 9.77. The molecule has 4 fully saturated rings. The molecule has 0 saturated heterocycles. The van der Waals surface area contributed by atoms with Crippen LogP contribution in [-0.4, -0.2) is 40.2 Å². The Labute approximate surface area is 197 Å². The second kappa shape index (κ2) is 9.67. The Morgan fingerprint density at radius 1 is 0.906 bits per heavy atom. The van der Waals surface area contributed by atoms with Crippen molar-refractivity contribution in [2.24, 2.45) is 46.8 Å². The molecule has 0 aliphatic heterocycles. The van der Waals surface area contributed by atoms with Gasteiger partial charge >= 0.3 is 14.8 Å². The maximum atomic E-state index is 12.7. The van der Waals surface area contributed by atoms with E-state index in [0.717, 1.165) is 36.0 Å². The van der Waals surface area contributed by atoms with Gasteiger partial charge < -0.3 is 18.0 Å². The van der Waals surface area contributed by atoms with Crippen LogP contribution in [0.4, 0.5) is 0 Å². The zero-order valence-electron chi connectivity index (χ0n) is 22.0. The van der Waals surface area contributed by atoms with Crippen LogP contribution in [0, 0.1) is 46.8 Å². The van der Waals surface area contributed by atoms with Crippen LogP contribution in [0.3, 0.4) is 0 Å². The first-order chi connectivity index (χ1) is 14.9. The SMILES string of the molecule is CC(C)(C)OC(=O)C1CC2C3C4CCC(C4)C3C1C2(C)C.CCO[Si](C)(OCC)OCC. The van der Waals surface area contributed by atoms with Crippen LogP contribution in [0.1, 0.15) is 81.1 Å². The van der Waals surface area contributed by atoms with E-state index >= 15 is 0 Å². The fourth-order valence-electron chi connectivity index (χ4n) is 7.95. The Balaban J connectivity index is 0.000000226. The van der Waals surface area contributed by atoms with Gasteiger partial charge in [-0.3, -0.25) is 4.79 Å². The van der Waals surface area contributed by atoms with Crippen LogP contribution in [0.25, 0.3) is 0 Å². The molecule has 5 nitrogen and oxygen atoms in total. The quantitative estimate of drug-likeness (QED) is 0.263. The molecule has 4 rings (SSSR count). The molecule has 4 saturated carbocycles. The lowest BCUT2D eigenvalue weighted by molar-refractivity contribution is -0.164. The third-order valence-corrected chi connectivity index (χ3v) is 11.1. The lowest BCUT2D eigenvalue weighted by Gasteiger charge is -2.38. The number of rotatable bonds is 7. The molecule has 0 aromatic heterocycles. The van der Waals surface area contributed by atoms with Crippen molar-refractivity contribution in [1.29, 1.82) is 0 Å². The summed E-state index contributed by atoms with van der Waals surface area (Å²) in [7, 11) is -2.25. The van der Waals surface area contributed by atoms with Gasteiger partial charge in [-0.2, -0.15) is 0 Å². The summed E-state index contributed by atoms with van der Waals surface area (Å²) in [6.07, 6.45) is 5.44. The van der Waals surface area contributed by atoms with E-state index in [2.05, 4.69) is 13.8 Å². The highest BCUT2D eigenvalue weighted by molar-refractivity contribution is 6.59. The molecule has 0 heterocycles. The average Bonchev–Trinajstić information content (AvgIpc) is 3.39. The largest absolute Gasteiger partial charge is 0.497 e. The van der Waals surface area contributed by atoms with E-state index < -0.39 is 8.80 Å². The van der Waals surface area contributed by atoms with E-state index in [4.69, 9.17) is 18.0 Å². The molecule has 0 spiro atoms. The Kier molecular flexibility index (Phi) is 7.91. The number of hydrogen-bond acceptors (Lipinski definition) is 5. The molecule has 32 heavy (non-hydrogen) atoms. The van der Waals surface area contributed by atoms with Crippen molar-refractivity contribution in [3.8, 4) is 0 Å². The van der Waals surface area contributed by atoms with Crippen molar-refractivity contribution in [2.75, 3.05) is 19.8 Å². The van der Waals surface area contributed by atoms with Gasteiger partial charge in [0.1, 0.15) is 5.60 Å². The fraction of sp³-hybridized carbons (Fsp3) is 0.962. The van der Waals surface area contributed by atoms with Gasteiger partial charge in [-0.15, -0.1) is 0 Å². The highest BCUT2D eigenvalue weighted by Gasteiger charge is 2.70. The second-order valence-electron chi connectivity index (χ2n) is 12.0. The molecule has 7 unspecified atom stereocenters. The van der Waals surface area contributed by atoms with E-state index in [9.17, 15) is 4.79 Å². The number of hydrogen-bond donors (Lipinski definition) is 0. The van der Waals surface area contributed by atoms with Crippen LogP contribution < -0.4 is 0 Å². The van der Waals surface area contributed by atoms with E-state index in [1.54, 1.807) is 0 Å². The maximum absolute atomic E-state index is 12.7. The molecular formula is C26H48O5Si. The van der Waals surface area contributed by atoms with Crippen LogP contribution in [0.15, 0.2) is 0 Å². The summed E-state index contributed by atoms with van der Waals surface area (Å²) in [5.41, 5.74) is -0.00466. The van der Waals surface area contributed by atoms with E-state index in [1.807, 2.05) is 48.1 Å². The van der Waals surface area contributed by atoms with Crippen LogP contribution in [0.5, 0.6) is 0 Å². The molecule has 4 bridgehead atoms. The first-order valence-electron chi connectivity index (χ1n) is 13.0. The molecule has 0 aromatic carbocycles. The van der Waals surface area contributed by atoms with Gasteiger partial charge in [0, 0.05) is 26.4 Å². The first-order valence-corrected chi connectivity index (χ1v) is 15.3. The maximum Gasteiger partial charge on any atom is 0.497 e. The van der Waals surface area contributed by atoms with Gasteiger partial charge in [-0.25, -0.2) is 0 Å². The third kappa shape index (κ3) is 4.99. The highest BCUT2D eigenvalue weighted by Crippen LogP contribution is 2.74. The zero-order chi connectivity index (χ0) is 23.9. The topological polar surface area (TPSA) is 54.0 Å². The normalized spacial score (nSPS) is 36.6. The minimum absolute atomic E-state index is 0.0873. The van der Waals surface area contributed by atoms with Crippen LogP contribution >= 0.6 is 0 Å². The van der Waals surface area contributed by atoms with Crippen molar-refractivity contribution < 1.29 is 22.8 Å². The van der Waals surface area contributed by atoms with Crippen molar-refractivity contribution in [1.82, 2.24) is 0 Å². The number of carbonyl (C=O) groups is 1. The van der Waals surface area contributed by atoms with E-state index in [-0.39, 0.29) is 17.5 Å². The molecule has 4 aliphatic rings. The molecule has 186 valence electrons. The first kappa shape index (κ1) is 26.2. The molecule has 6 heteroatoms. The Hall–Kier alpha value is -0.433. The average molecular weight is 469 g/mol. The molecule has 0 N–H and O–H groups in total. The molecule has 7 atom stereocenters. The van der Waals surface area contributed by atoms with Crippen LogP contribution in [0.2, 0.25) is 6.55 Å². The number of ether oxygens (including phenoxy) is 1. The second-order valence-corrected chi connectivity index (χ2v) is 14.6. The van der Waals surface area contributed by atoms with Gasteiger partial charge in [-0.1, -0.05) is 13.8 Å². The molecular weight excluding hydrogens is 420 g/mol. The minimum Gasteiger partial charge on any atom is -0.460 e. The van der Waals surface area contributed by atoms with Gasteiger partial charge in [0.25, 0.3) is 0 Å². The Morgan fingerprint density at radius 3 is 1.88 bits per heavy atom. The third-order valence-electron chi connectivity index (χ3n) is 8.61. The van der Waals surface area contributed by atoms with Crippen molar-refractivity contribution in [2.45, 2.75) is 93.2 Å². The van der Waals surface area contributed by atoms with Crippen molar-refractivity contribution in [3.63, 3.8) is 0 Å². The summed E-state index contributed by atoms with van der Waals surface area (Å²) in [4.78, 5) is 12.7. The standard InChI is InChI=1S/C19H30O2.C7H18O3Si/c1-18(2,3)21-17(20)12-9-13-14-10-6-7-11(8-10)15(14)16(12)19(13,4)5;1-5-8-11(4,9-6-2)10-7-3/h10-16H,6-9H2,1-5H3;5-7H2,1-4H3. The zero-order valence-corrected chi connectivity index (χ0v) is 23.0. The number of esters is 1. The van der Waals surface area contributed by atoms with Gasteiger partial charge in [0.05, 0.1) is 5.92 Å². The molecule has 4 aliphatic carbocycles. The lowest BCUT2D eigenvalue weighted by atomic mass is 9.67. The predicted molar refractivity (Wildman–Crippen MR) is 129 cm³/mol. The molecule has 0 radical (unpaired) electrons. The predicted octanol–water partition coefficient (Wildman–Crippen LogP) is 5.95. The summed E-state index contributed by atoms with van der Waals surface area (Å²) in [5, 5.41) is 0. The molecule has 0 amide bonds. The van der Waals surface area contributed by atoms with Crippen molar-refractivity contribution in [3.05, 3.63) is 0 Å². The lowest BCUT2D eigenvalue weighted by Crippen LogP contribution is -2.42. The van der Waals surface area contributed by atoms with Crippen molar-refractivity contribution >= 4 is 14.8 Å². The van der Waals surface area contributed by atoms with E-state index in [1.165, 1.54) is 19.3 Å². The Morgan fingerprint density at radius 2 is 1.41 bits per heavy atom. The van der Waals surface area contributed by atoms with Gasteiger partial charge in [0.15, 0.2) is 0 Å². The van der Waals surface area contributed by atoms with E-state index in [0.29, 0.717) is 31.2 Å². The van der Waals surface area contributed by atoms with Crippen LogP contribution in [-0.2, 0) is 22.8 Å². The summed E-state index contributed by atoms with van der Waals surface area (Å²) in [6.45, 7) is 20.6. The number of carbonyl (C=O) groups excluding carboxylic acids is 1. The number of fused-ring (bicyclic) bond motifs is 9. The Bertz CT molecular complexity index is 640. The monoisotopic (exact) mass is 468 g/mol.